The minimum absolute atomic E-state index is 0.555. The van der Waals surface area contributed by atoms with Gasteiger partial charge in [-0.2, -0.15) is 22.0 Å². The maximum Gasteiger partial charge on any atom is 0.455 e. The number of alkyl halides is 5. The molecular formula is C9H8F5NO2. The van der Waals surface area contributed by atoms with E-state index in [0.29, 0.717) is 6.07 Å². The average molecular weight is 257 g/mol. The van der Waals surface area contributed by atoms with E-state index in [-0.39, 0.29) is 0 Å². The summed E-state index contributed by atoms with van der Waals surface area (Å²) < 4.78 is 61.8. The molecule has 8 heteroatoms. The van der Waals surface area contributed by atoms with Crippen molar-refractivity contribution in [2.45, 2.75) is 18.1 Å². The zero-order chi connectivity index (χ0) is 13.4. The molecule has 0 spiro atoms. The van der Waals surface area contributed by atoms with Crippen molar-refractivity contribution in [2.24, 2.45) is 5.73 Å². The lowest BCUT2D eigenvalue weighted by atomic mass is 10.00. The topological polar surface area (TPSA) is 66.5 Å². The first kappa shape index (κ1) is 13.5. The highest BCUT2D eigenvalue weighted by Gasteiger charge is 2.62. The first-order valence-corrected chi connectivity index (χ1v) is 4.29. The van der Waals surface area contributed by atoms with Crippen LogP contribution in [0, 0.1) is 0 Å². The second-order valence-electron chi connectivity index (χ2n) is 3.34. The fraction of sp³-hybridized carbons (Fsp3) is 0.333. The Morgan fingerprint density at radius 2 is 1.59 bits per heavy atom. The van der Waals surface area contributed by atoms with Gasteiger partial charge in [0.25, 0.3) is 0 Å². The van der Waals surface area contributed by atoms with E-state index >= 15 is 0 Å². The fourth-order valence-corrected chi connectivity index (χ4v) is 1.16. The maximum absolute atomic E-state index is 12.9. The van der Waals surface area contributed by atoms with Crippen molar-refractivity contribution in [3.63, 3.8) is 0 Å². The Morgan fingerprint density at radius 1 is 1.06 bits per heavy atom. The van der Waals surface area contributed by atoms with Crippen molar-refractivity contribution in [3.8, 4) is 11.5 Å². The summed E-state index contributed by atoms with van der Waals surface area (Å²) in [4.78, 5) is 0. The van der Waals surface area contributed by atoms with Gasteiger partial charge in [-0.25, -0.2) is 0 Å². The molecule has 0 heterocycles. The van der Waals surface area contributed by atoms with Gasteiger partial charge in [0.15, 0.2) is 0 Å². The van der Waals surface area contributed by atoms with Crippen LogP contribution in [0.4, 0.5) is 22.0 Å². The number of nitrogens with two attached hydrogens (primary N) is 1. The molecule has 0 saturated carbocycles. The van der Waals surface area contributed by atoms with Crippen molar-refractivity contribution >= 4 is 0 Å². The Hall–Kier alpha value is -1.57. The number of hydrogen-bond donors (Lipinski definition) is 3. The molecule has 96 valence electrons. The van der Waals surface area contributed by atoms with Gasteiger partial charge in [0.1, 0.15) is 17.5 Å². The highest BCUT2D eigenvalue weighted by Crippen LogP contribution is 2.45. The highest BCUT2D eigenvalue weighted by molar-refractivity contribution is 5.41. The lowest BCUT2D eigenvalue weighted by molar-refractivity contribution is -0.291. The van der Waals surface area contributed by atoms with E-state index in [4.69, 9.17) is 15.9 Å². The van der Waals surface area contributed by atoms with Crippen molar-refractivity contribution in [1.82, 2.24) is 0 Å². The molecule has 0 aliphatic heterocycles. The Bertz CT molecular complexity index is 418. The molecule has 1 atom stereocenters. The van der Waals surface area contributed by atoms with Gasteiger partial charge >= 0.3 is 12.1 Å². The van der Waals surface area contributed by atoms with Crippen LogP contribution in [0.15, 0.2) is 18.2 Å². The van der Waals surface area contributed by atoms with Crippen molar-refractivity contribution in [1.29, 1.82) is 0 Å². The second-order valence-corrected chi connectivity index (χ2v) is 3.34. The molecule has 1 rings (SSSR count). The van der Waals surface area contributed by atoms with Gasteiger partial charge < -0.3 is 15.9 Å². The van der Waals surface area contributed by atoms with Crippen LogP contribution in [0.25, 0.3) is 0 Å². The van der Waals surface area contributed by atoms with E-state index in [1.165, 1.54) is 0 Å². The lowest BCUT2D eigenvalue weighted by Crippen LogP contribution is -2.45. The van der Waals surface area contributed by atoms with Crippen LogP contribution in [0.1, 0.15) is 11.6 Å². The van der Waals surface area contributed by atoms with Gasteiger partial charge in [-0.15, -0.1) is 0 Å². The van der Waals surface area contributed by atoms with Gasteiger partial charge in [-0.3, -0.25) is 0 Å². The Labute approximate surface area is 92.3 Å². The molecule has 0 unspecified atom stereocenters. The van der Waals surface area contributed by atoms with Crippen molar-refractivity contribution < 1.29 is 32.2 Å². The van der Waals surface area contributed by atoms with Gasteiger partial charge in [0, 0.05) is 5.56 Å². The molecule has 0 saturated heterocycles. The van der Waals surface area contributed by atoms with E-state index in [1.807, 2.05) is 0 Å². The first-order chi connectivity index (χ1) is 7.57. The molecule has 0 aromatic heterocycles. The van der Waals surface area contributed by atoms with Gasteiger partial charge in [-0.05, 0) is 18.2 Å². The standard InChI is InChI=1S/C9H8F5NO2/c10-8(11,9(12,13)14)7(15)5-3-4(16)1-2-6(5)17/h1-3,7,16-17H,15H2/t7-/m1/s1. The van der Waals surface area contributed by atoms with Crippen LogP contribution < -0.4 is 5.73 Å². The fourth-order valence-electron chi connectivity index (χ4n) is 1.16. The Kier molecular flexibility index (Phi) is 3.19. The molecular weight excluding hydrogens is 249 g/mol. The minimum atomic E-state index is -5.84. The largest absolute Gasteiger partial charge is 0.508 e. The summed E-state index contributed by atoms with van der Waals surface area (Å²) in [5.74, 6) is -6.64. The van der Waals surface area contributed by atoms with Crippen molar-refractivity contribution in [3.05, 3.63) is 23.8 Å². The molecule has 0 aliphatic rings. The van der Waals surface area contributed by atoms with E-state index in [2.05, 4.69) is 0 Å². The molecule has 0 aliphatic carbocycles. The third-order valence-electron chi connectivity index (χ3n) is 2.11. The van der Waals surface area contributed by atoms with Gasteiger partial charge in [0.05, 0.1) is 0 Å². The summed E-state index contributed by atoms with van der Waals surface area (Å²) in [6.45, 7) is 0. The Morgan fingerprint density at radius 3 is 2.06 bits per heavy atom. The van der Waals surface area contributed by atoms with Crippen molar-refractivity contribution in [2.75, 3.05) is 0 Å². The number of benzene rings is 1. The van der Waals surface area contributed by atoms with Crippen LogP contribution in [-0.2, 0) is 0 Å². The number of aromatic hydroxyl groups is 2. The third-order valence-corrected chi connectivity index (χ3v) is 2.11. The predicted molar refractivity (Wildman–Crippen MR) is 47.7 cm³/mol. The number of hydrogen-bond acceptors (Lipinski definition) is 3. The molecule has 4 N–H and O–H groups in total. The first-order valence-electron chi connectivity index (χ1n) is 4.29. The number of phenols is 2. The van der Waals surface area contributed by atoms with Gasteiger partial charge in [-0.1, -0.05) is 0 Å². The SMILES string of the molecule is N[C@H](c1cc(O)ccc1O)C(F)(F)C(F)(F)F. The van der Waals surface area contributed by atoms with E-state index in [9.17, 15) is 22.0 Å². The monoisotopic (exact) mass is 257 g/mol. The van der Waals surface area contributed by atoms with E-state index in [0.717, 1.165) is 12.1 Å². The predicted octanol–water partition coefficient (Wildman–Crippen LogP) is 2.30. The van der Waals surface area contributed by atoms with Crippen LogP contribution in [0.3, 0.4) is 0 Å². The molecule has 0 radical (unpaired) electrons. The minimum Gasteiger partial charge on any atom is -0.508 e. The quantitative estimate of drug-likeness (QED) is 0.562. The van der Waals surface area contributed by atoms with Crippen LogP contribution in [0.2, 0.25) is 0 Å². The Balaban J connectivity index is 3.21. The summed E-state index contributed by atoms with van der Waals surface area (Å²) in [5, 5.41) is 18.1. The molecule has 0 fully saturated rings. The van der Waals surface area contributed by atoms with E-state index in [1.54, 1.807) is 0 Å². The number of halogens is 5. The zero-order valence-corrected chi connectivity index (χ0v) is 8.17. The highest BCUT2D eigenvalue weighted by atomic mass is 19.4. The third kappa shape index (κ3) is 2.41. The van der Waals surface area contributed by atoms with Gasteiger partial charge in [0.2, 0.25) is 0 Å². The molecule has 1 aromatic rings. The summed E-state index contributed by atoms with van der Waals surface area (Å²) in [6.07, 6.45) is -5.84. The summed E-state index contributed by atoms with van der Waals surface area (Å²) in [7, 11) is 0. The zero-order valence-electron chi connectivity index (χ0n) is 8.17. The van der Waals surface area contributed by atoms with E-state index < -0.39 is 35.2 Å². The number of phenolic OH excluding ortho intramolecular Hbond substituents is 2. The normalized spacial score (nSPS) is 14.7. The lowest BCUT2D eigenvalue weighted by Gasteiger charge is -2.26. The molecule has 1 aromatic carbocycles. The molecule has 3 nitrogen and oxygen atoms in total. The average Bonchev–Trinajstić information content (AvgIpc) is 2.19. The summed E-state index contributed by atoms with van der Waals surface area (Å²) in [5.41, 5.74) is 3.91. The molecule has 0 amide bonds. The smallest absolute Gasteiger partial charge is 0.455 e. The maximum atomic E-state index is 12.9. The summed E-state index contributed by atoms with van der Waals surface area (Å²) >= 11 is 0. The number of rotatable bonds is 2. The summed E-state index contributed by atoms with van der Waals surface area (Å²) in [6, 6.07) is -0.539. The van der Waals surface area contributed by atoms with Crippen LogP contribution >= 0.6 is 0 Å². The molecule has 17 heavy (non-hydrogen) atoms. The molecule has 0 bridgehead atoms. The van der Waals surface area contributed by atoms with Crippen LogP contribution in [0.5, 0.6) is 11.5 Å². The van der Waals surface area contributed by atoms with Crippen LogP contribution in [-0.4, -0.2) is 22.3 Å². The second kappa shape index (κ2) is 4.02.